The van der Waals surface area contributed by atoms with Gasteiger partial charge in [-0.2, -0.15) is 5.26 Å². The van der Waals surface area contributed by atoms with Crippen molar-refractivity contribution in [2.45, 2.75) is 40.2 Å². The SMILES string of the molecule is Cc1c(C#N)c(NC(=O)C[NH+]2CCC[C@@H](C)C2)n(Cc2cccs2)c1C. The number of likely N-dealkylation sites (tertiary alicyclic amines) is 1. The van der Waals surface area contributed by atoms with Crippen molar-refractivity contribution >= 4 is 23.1 Å². The Bertz CT molecular complexity index is 816. The van der Waals surface area contributed by atoms with E-state index in [2.05, 4.69) is 28.9 Å². The Kier molecular flexibility index (Phi) is 5.80. The molecule has 1 fully saturated rings. The molecule has 1 aliphatic rings. The minimum Gasteiger partial charge on any atom is -0.327 e. The van der Waals surface area contributed by atoms with Gasteiger partial charge in [0, 0.05) is 16.5 Å². The largest absolute Gasteiger partial charge is 0.327 e. The van der Waals surface area contributed by atoms with E-state index in [9.17, 15) is 10.1 Å². The Morgan fingerprint density at radius 3 is 2.96 bits per heavy atom. The highest BCUT2D eigenvalue weighted by atomic mass is 32.1. The summed E-state index contributed by atoms with van der Waals surface area (Å²) in [6.45, 7) is 9.46. The minimum atomic E-state index is -0.00414. The number of quaternary nitrogens is 1. The third-order valence-electron chi connectivity index (χ3n) is 5.37. The van der Waals surface area contributed by atoms with E-state index in [4.69, 9.17) is 0 Å². The fourth-order valence-corrected chi connectivity index (χ4v) is 4.54. The molecule has 5 nitrogen and oxygen atoms in total. The zero-order valence-corrected chi connectivity index (χ0v) is 16.6. The molecule has 0 bridgehead atoms. The Hall–Kier alpha value is -2.10. The van der Waals surface area contributed by atoms with Gasteiger partial charge < -0.3 is 14.8 Å². The number of hydrogen-bond donors (Lipinski definition) is 2. The molecule has 2 aromatic heterocycles. The standard InChI is InChI=1S/C20H26N4OS/c1-14-6-4-8-23(11-14)13-19(25)22-20-18(10-21)15(2)16(3)24(20)12-17-7-5-9-26-17/h5,7,9,14H,4,6,8,11-13H2,1-3H3,(H,22,25)/p+1/t14-/m1/s1. The normalized spacial score (nSPS) is 19.9. The molecule has 6 heteroatoms. The van der Waals surface area contributed by atoms with Crippen LogP contribution in [0.5, 0.6) is 0 Å². The first-order valence-electron chi connectivity index (χ1n) is 9.25. The molecule has 26 heavy (non-hydrogen) atoms. The minimum absolute atomic E-state index is 0.00414. The Morgan fingerprint density at radius 2 is 2.31 bits per heavy atom. The van der Waals surface area contributed by atoms with Crippen LogP contribution in [0.15, 0.2) is 17.5 Å². The number of carbonyl (C=O) groups excluding carboxylic acids is 1. The molecule has 1 saturated heterocycles. The zero-order valence-electron chi connectivity index (χ0n) is 15.8. The van der Waals surface area contributed by atoms with Crippen LogP contribution in [0, 0.1) is 31.1 Å². The Morgan fingerprint density at radius 1 is 1.50 bits per heavy atom. The van der Waals surface area contributed by atoms with E-state index in [0.29, 0.717) is 30.4 Å². The molecule has 2 atom stereocenters. The molecule has 0 spiro atoms. The smallest absolute Gasteiger partial charge is 0.280 e. The summed E-state index contributed by atoms with van der Waals surface area (Å²) < 4.78 is 2.06. The van der Waals surface area contributed by atoms with Gasteiger partial charge in [0.1, 0.15) is 11.9 Å². The van der Waals surface area contributed by atoms with E-state index >= 15 is 0 Å². The molecular weight excluding hydrogens is 344 g/mol. The van der Waals surface area contributed by atoms with E-state index in [-0.39, 0.29) is 5.91 Å². The number of nitriles is 1. The molecule has 138 valence electrons. The molecule has 1 amide bonds. The Labute approximate surface area is 159 Å². The molecule has 0 radical (unpaired) electrons. The fraction of sp³-hybridized carbons (Fsp3) is 0.500. The lowest BCUT2D eigenvalue weighted by Crippen LogP contribution is -3.14. The second kappa shape index (κ2) is 8.07. The maximum Gasteiger partial charge on any atom is 0.280 e. The van der Waals surface area contributed by atoms with Crippen molar-refractivity contribution < 1.29 is 9.69 Å². The molecule has 3 rings (SSSR count). The molecule has 0 saturated carbocycles. The molecule has 0 aliphatic carbocycles. The van der Waals surface area contributed by atoms with Crippen LogP contribution in [0.3, 0.4) is 0 Å². The van der Waals surface area contributed by atoms with Gasteiger partial charge in [-0.1, -0.05) is 13.0 Å². The molecule has 2 N–H and O–H groups in total. The number of nitrogens with zero attached hydrogens (tertiary/aromatic N) is 2. The first-order valence-corrected chi connectivity index (χ1v) is 10.1. The van der Waals surface area contributed by atoms with Gasteiger partial charge in [-0.25, -0.2) is 0 Å². The number of anilines is 1. The highest BCUT2D eigenvalue weighted by Crippen LogP contribution is 2.28. The molecule has 3 heterocycles. The maximum atomic E-state index is 12.7. The van der Waals surface area contributed by atoms with Gasteiger partial charge in [-0.05, 0) is 43.7 Å². The lowest BCUT2D eigenvalue weighted by Gasteiger charge is -2.27. The molecule has 2 aromatic rings. The lowest BCUT2D eigenvalue weighted by molar-refractivity contribution is -0.900. The number of aromatic nitrogens is 1. The lowest BCUT2D eigenvalue weighted by atomic mass is 10.0. The average Bonchev–Trinajstić information content (AvgIpc) is 3.18. The van der Waals surface area contributed by atoms with Crippen LogP contribution in [0.1, 0.15) is 41.5 Å². The molecule has 1 unspecified atom stereocenters. The molecule has 1 aliphatic heterocycles. The van der Waals surface area contributed by atoms with Crippen molar-refractivity contribution in [3.63, 3.8) is 0 Å². The van der Waals surface area contributed by atoms with Crippen LogP contribution in [-0.2, 0) is 11.3 Å². The summed E-state index contributed by atoms with van der Waals surface area (Å²) in [4.78, 5) is 15.2. The van der Waals surface area contributed by atoms with Crippen molar-refractivity contribution in [3.05, 3.63) is 39.2 Å². The predicted octanol–water partition coefficient (Wildman–Crippen LogP) is 2.34. The quantitative estimate of drug-likeness (QED) is 0.847. The number of amides is 1. The van der Waals surface area contributed by atoms with Gasteiger partial charge in [-0.15, -0.1) is 11.3 Å². The first-order chi connectivity index (χ1) is 12.5. The van der Waals surface area contributed by atoms with Crippen molar-refractivity contribution in [2.24, 2.45) is 5.92 Å². The number of nitrogens with one attached hydrogen (secondary N) is 2. The van der Waals surface area contributed by atoms with Crippen LogP contribution in [0.25, 0.3) is 0 Å². The Balaban J connectivity index is 1.80. The van der Waals surface area contributed by atoms with Gasteiger partial charge >= 0.3 is 0 Å². The summed E-state index contributed by atoms with van der Waals surface area (Å²) in [6.07, 6.45) is 2.44. The molecule has 0 aromatic carbocycles. The second-order valence-corrected chi connectivity index (χ2v) is 8.42. The van der Waals surface area contributed by atoms with Crippen molar-refractivity contribution in [3.8, 4) is 6.07 Å². The number of hydrogen-bond acceptors (Lipinski definition) is 3. The van der Waals surface area contributed by atoms with E-state index in [1.807, 2.05) is 25.3 Å². The van der Waals surface area contributed by atoms with Crippen LogP contribution in [0.2, 0.25) is 0 Å². The van der Waals surface area contributed by atoms with E-state index in [1.54, 1.807) is 11.3 Å². The summed E-state index contributed by atoms with van der Waals surface area (Å²) in [6, 6.07) is 6.39. The number of piperidine rings is 1. The summed E-state index contributed by atoms with van der Waals surface area (Å²) in [5.41, 5.74) is 2.55. The second-order valence-electron chi connectivity index (χ2n) is 7.39. The number of carbonyl (C=O) groups is 1. The van der Waals surface area contributed by atoms with Gasteiger partial charge in [0.15, 0.2) is 6.54 Å². The molecular formula is C20H27N4OS+. The summed E-state index contributed by atoms with van der Waals surface area (Å²) in [7, 11) is 0. The van der Waals surface area contributed by atoms with Crippen LogP contribution < -0.4 is 10.2 Å². The van der Waals surface area contributed by atoms with E-state index in [0.717, 1.165) is 24.3 Å². The number of rotatable bonds is 5. The summed E-state index contributed by atoms with van der Waals surface area (Å²) >= 11 is 1.68. The van der Waals surface area contributed by atoms with Crippen molar-refractivity contribution in [1.29, 1.82) is 5.26 Å². The summed E-state index contributed by atoms with van der Waals surface area (Å²) in [5.74, 6) is 1.31. The number of thiophene rings is 1. The highest BCUT2D eigenvalue weighted by molar-refractivity contribution is 7.09. The van der Waals surface area contributed by atoms with E-state index in [1.165, 1.54) is 22.6 Å². The third-order valence-corrected chi connectivity index (χ3v) is 6.23. The first kappa shape index (κ1) is 18.7. The zero-order chi connectivity index (χ0) is 18.7. The van der Waals surface area contributed by atoms with Crippen LogP contribution in [-0.4, -0.2) is 30.1 Å². The van der Waals surface area contributed by atoms with Gasteiger partial charge in [-0.3, -0.25) is 4.79 Å². The van der Waals surface area contributed by atoms with Gasteiger partial charge in [0.25, 0.3) is 5.91 Å². The van der Waals surface area contributed by atoms with Gasteiger partial charge in [0.2, 0.25) is 0 Å². The summed E-state index contributed by atoms with van der Waals surface area (Å²) in [5, 5.41) is 14.7. The van der Waals surface area contributed by atoms with Gasteiger partial charge in [0.05, 0.1) is 25.2 Å². The predicted molar refractivity (Wildman–Crippen MR) is 105 cm³/mol. The van der Waals surface area contributed by atoms with Crippen LogP contribution in [0.4, 0.5) is 5.82 Å². The van der Waals surface area contributed by atoms with Crippen molar-refractivity contribution in [1.82, 2.24) is 4.57 Å². The van der Waals surface area contributed by atoms with Crippen molar-refractivity contribution in [2.75, 3.05) is 25.0 Å². The van der Waals surface area contributed by atoms with E-state index < -0.39 is 0 Å². The maximum absolute atomic E-state index is 12.7. The third kappa shape index (κ3) is 4.00. The highest BCUT2D eigenvalue weighted by Gasteiger charge is 2.24. The van der Waals surface area contributed by atoms with Crippen LogP contribution >= 0.6 is 11.3 Å². The fourth-order valence-electron chi connectivity index (χ4n) is 3.85. The topological polar surface area (TPSA) is 62.3 Å². The monoisotopic (exact) mass is 371 g/mol. The average molecular weight is 372 g/mol.